The fourth-order valence-electron chi connectivity index (χ4n) is 2.34. The molecule has 0 aliphatic carbocycles. The van der Waals surface area contributed by atoms with Crippen molar-refractivity contribution >= 4 is 17.6 Å². The second kappa shape index (κ2) is 8.72. The lowest BCUT2D eigenvalue weighted by Crippen LogP contribution is -2.48. The number of nitrogens with zero attached hydrogens (tertiary/aromatic N) is 3. The Labute approximate surface area is 158 Å². The zero-order valence-electron chi connectivity index (χ0n) is 15.2. The van der Waals surface area contributed by atoms with Crippen LogP contribution in [0.5, 0.6) is 5.88 Å². The second-order valence-corrected chi connectivity index (χ2v) is 5.94. The maximum Gasteiger partial charge on any atom is 0.422 e. The molecule has 0 bridgehead atoms. The van der Waals surface area contributed by atoms with Crippen LogP contribution in [0.15, 0.2) is 35.1 Å². The fraction of sp³-hybridized carbons (Fsp3) is 0.412. The summed E-state index contributed by atoms with van der Waals surface area (Å²) in [5, 5.41) is 11.8. The third kappa shape index (κ3) is 5.96. The third-order valence-electron chi connectivity index (χ3n) is 3.72. The quantitative estimate of drug-likeness (QED) is 0.726. The number of hydrogen-bond acceptors (Lipinski definition) is 6. The Balaban J connectivity index is 2.14. The molecule has 0 aromatic carbocycles. The van der Waals surface area contributed by atoms with Gasteiger partial charge >= 0.3 is 12.1 Å². The molecule has 1 aromatic rings. The highest BCUT2D eigenvalue weighted by molar-refractivity contribution is 6.40. The molecular formula is C17H19F3N4O4. The number of aliphatic imine (C=N–C) groups is 1. The van der Waals surface area contributed by atoms with Crippen LogP contribution in [0, 0.1) is 0 Å². The number of alkyl halides is 3. The lowest BCUT2D eigenvalue weighted by Gasteiger charge is -2.34. The van der Waals surface area contributed by atoms with Crippen molar-refractivity contribution in [1.82, 2.24) is 15.2 Å². The number of carbonyl (C=O) groups is 2. The number of carboxylic acids is 1. The molecule has 152 valence electrons. The van der Waals surface area contributed by atoms with Gasteiger partial charge in [0.05, 0.1) is 0 Å². The van der Waals surface area contributed by atoms with E-state index in [1.807, 2.05) is 0 Å². The van der Waals surface area contributed by atoms with E-state index in [2.05, 4.69) is 20.0 Å². The molecule has 8 nitrogen and oxygen atoms in total. The number of carboxylic acid groups (broad SMARTS) is 1. The highest BCUT2D eigenvalue weighted by atomic mass is 19.4. The van der Waals surface area contributed by atoms with Gasteiger partial charge in [0.15, 0.2) is 12.9 Å². The van der Waals surface area contributed by atoms with Crippen molar-refractivity contribution in [3.8, 4) is 5.88 Å². The van der Waals surface area contributed by atoms with Gasteiger partial charge in [-0.2, -0.15) is 13.2 Å². The molecule has 2 heterocycles. The first-order valence-electron chi connectivity index (χ1n) is 8.29. The van der Waals surface area contributed by atoms with Crippen LogP contribution in [0.1, 0.15) is 25.8 Å². The Morgan fingerprint density at radius 3 is 2.61 bits per heavy atom. The molecule has 1 unspecified atom stereocenters. The van der Waals surface area contributed by atoms with Crippen LogP contribution in [-0.4, -0.2) is 51.7 Å². The van der Waals surface area contributed by atoms with Gasteiger partial charge in [-0.3, -0.25) is 4.79 Å². The molecule has 0 saturated carbocycles. The van der Waals surface area contributed by atoms with E-state index in [9.17, 15) is 22.8 Å². The number of allylic oxidation sites excluding steroid dienone is 1. The van der Waals surface area contributed by atoms with E-state index in [-0.39, 0.29) is 30.5 Å². The summed E-state index contributed by atoms with van der Waals surface area (Å²) in [6.45, 7) is 2.07. The lowest BCUT2D eigenvalue weighted by molar-refractivity contribution is -0.154. The van der Waals surface area contributed by atoms with E-state index in [1.165, 1.54) is 24.4 Å². The standard InChI is InChI=1S/C17H19F3N4O4/c1-3-13(25)23-16-22-12(15(26)27)6-10(2)24(16)8-11-4-5-14(21-7-11)28-9-17(18,19)20/h4-7,16H,3,8-9H2,1-2H3,(H,23,25)(H,26,27). The molecule has 0 saturated heterocycles. The number of rotatable bonds is 7. The number of nitrogens with one attached hydrogen (secondary N) is 1. The number of hydrogen-bond donors (Lipinski definition) is 2. The first-order valence-corrected chi connectivity index (χ1v) is 8.29. The molecule has 1 aliphatic rings. The number of aliphatic carboxylic acids is 1. The zero-order chi connectivity index (χ0) is 20.9. The van der Waals surface area contributed by atoms with E-state index in [0.717, 1.165) is 0 Å². The van der Waals surface area contributed by atoms with Crippen molar-refractivity contribution in [2.24, 2.45) is 4.99 Å². The van der Waals surface area contributed by atoms with Crippen LogP contribution in [0.25, 0.3) is 0 Å². The van der Waals surface area contributed by atoms with E-state index in [1.54, 1.807) is 18.7 Å². The summed E-state index contributed by atoms with van der Waals surface area (Å²) in [4.78, 5) is 32.5. The van der Waals surface area contributed by atoms with Gasteiger partial charge in [0.2, 0.25) is 11.8 Å². The Hall–Kier alpha value is -3.11. The van der Waals surface area contributed by atoms with Gasteiger partial charge in [-0.05, 0) is 18.6 Å². The largest absolute Gasteiger partial charge is 0.477 e. The maximum absolute atomic E-state index is 12.2. The molecule has 1 atom stereocenters. The number of ether oxygens (including phenoxy) is 1. The number of halogens is 3. The first kappa shape index (κ1) is 21.2. The maximum atomic E-state index is 12.2. The highest BCUT2D eigenvalue weighted by Gasteiger charge is 2.29. The topological polar surface area (TPSA) is 104 Å². The van der Waals surface area contributed by atoms with Crippen molar-refractivity contribution in [1.29, 1.82) is 0 Å². The normalized spacial score (nSPS) is 16.9. The van der Waals surface area contributed by atoms with Crippen molar-refractivity contribution in [2.45, 2.75) is 39.3 Å². The number of amides is 1. The Bertz CT molecular complexity index is 791. The Morgan fingerprint density at radius 1 is 1.36 bits per heavy atom. The predicted octanol–water partition coefficient (Wildman–Crippen LogP) is 2.08. The van der Waals surface area contributed by atoms with Gasteiger partial charge in [0, 0.05) is 30.9 Å². The minimum atomic E-state index is -4.46. The molecule has 1 aliphatic heterocycles. The smallest absolute Gasteiger partial charge is 0.422 e. The molecule has 1 amide bonds. The zero-order valence-corrected chi connectivity index (χ0v) is 15.2. The van der Waals surface area contributed by atoms with Crippen molar-refractivity contribution in [2.75, 3.05) is 6.61 Å². The lowest BCUT2D eigenvalue weighted by atomic mass is 10.2. The minimum Gasteiger partial charge on any atom is -0.477 e. The van der Waals surface area contributed by atoms with Gasteiger partial charge in [-0.15, -0.1) is 0 Å². The van der Waals surface area contributed by atoms with Gasteiger partial charge in [-0.25, -0.2) is 14.8 Å². The Kier molecular flexibility index (Phi) is 6.60. The van der Waals surface area contributed by atoms with Crippen molar-refractivity contribution < 1.29 is 32.6 Å². The molecular weight excluding hydrogens is 381 g/mol. The second-order valence-electron chi connectivity index (χ2n) is 5.94. The number of carbonyl (C=O) groups excluding carboxylic acids is 1. The molecule has 0 spiro atoms. The Morgan fingerprint density at radius 2 is 2.07 bits per heavy atom. The van der Waals surface area contributed by atoms with Crippen LogP contribution in [-0.2, 0) is 16.1 Å². The number of pyridine rings is 1. The van der Waals surface area contributed by atoms with E-state index in [0.29, 0.717) is 11.3 Å². The van der Waals surface area contributed by atoms with E-state index < -0.39 is 25.0 Å². The van der Waals surface area contributed by atoms with E-state index >= 15 is 0 Å². The molecule has 11 heteroatoms. The van der Waals surface area contributed by atoms with Crippen LogP contribution in [0.4, 0.5) is 13.2 Å². The van der Waals surface area contributed by atoms with Gasteiger partial charge in [0.25, 0.3) is 0 Å². The molecule has 2 N–H and O–H groups in total. The van der Waals surface area contributed by atoms with Crippen molar-refractivity contribution in [3.63, 3.8) is 0 Å². The van der Waals surface area contributed by atoms with Crippen LogP contribution < -0.4 is 10.1 Å². The molecule has 0 fully saturated rings. The summed E-state index contributed by atoms with van der Waals surface area (Å²) in [5.41, 5.74) is 0.965. The monoisotopic (exact) mass is 400 g/mol. The highest BCUT2D eigenvalue weighted by Crippen LogP contribution is 2.21. The van der Waals surface area contributed by atoms with Crippen LogP contribution >= 0.6 is 0 Å². The first-order chi connectivity index (χ1) is 13.1. The molecule has 0 radical (unpaired) electrons. The summed E-state index contributed by atoms with van der Waals surface area (Å²) >= 11 is 0. The van der Waals surface area contributed by atoms with Gasteiger partial charge < -0.3 is 20.1 Å². The number of aromatic nitrogens is 1. The molecule has 1 aromatic heterocycles. The van der Waals surface area contributed by atoms with Gasteiger partial charge in [0.1, 0.15) is 5.71 Å². The summed E-state index contributed by atoms with van der Waals surface area (Å²) in [6, 6.07) is 2.83. The SMILES string of the molecule is CCC(=O)NC1N=C(C(=O)O)C=C(C)N1Cc1ccc(OCC(F)(F)F)nc1. The summed E-state index contributed by atoms with van der Waals surface area (Å²) in [6.07, 6.45) is -2.48. The third-order valence-corrected chi connectivity index (χ3v) is 3.72. The summed E-state index contributed by atoms with van der Waals surface area (Å²) in [5.74, 6) is -1.70. The van der Waals surface area contributed by atoms with Crippen LogP contribution in [0.3, 0.4) is 0 Å². The fourth-order valence-corrected chi connectivity index (χ4v) is 2.34. The average Bonchev–Trinajstić information content (AvgIpc) is 2.62. The van der Waals surface area contributed by atoms with Crippen molar-refractivity contribution in [3.05, 3.63) is 35.7 Å². The van der Waals surface area contributed by atoms with Gasteiger partial charge in [-0.1, -0.05) is 13.0 Å². The minimum absolute atomic E-state index is 0.172. The predicted molar refractivity (Wildman–Crippen MR) is 92.4 cm³/mol. The summed E-state index contributed by atoms with van der Waals surface area (Å²) in [7, 11) is 0. The van der Waals surface area contributed by atoms with E-state index in [4.69, 9.17) is 5.11 Å². The molecule has 2 rings (SSSR count). The van der Waals surface area contributed by atoms with Crippen LogP contribution in [0.2, 0.25) is 0 Å². The molecule has 28 heavy (non-hydrogen) atoms. The summed E-state index contributed by atoms with van der Waals surface area (Å²) < 4.78 is 41.1. The average molecular weight is 400 g/mol.